The highest BCUT2D eigenvalue weighted by Gasteiger charge is 2.84. The Bertz CT molecular complexity index is 1480. The first kappa shape index (κ1) is 34.2. The van der Waals surface area contributed by atoms with Gasteiger partial charge in [-0.1, -0.05) is 32.1 Å². The SMILES string of the molecule is COCCCNCC1=C[C@@H]2C[C@]3(O)[C@]4(O)[C@@H](O)[C@@H]5C[C@H]6[C@H](C)CC=C[C@@H]6C[C@H]6[C@@H](O)CC[C@](C=O)([C@H]4CC[C@]3(C)[C@H]2C2=CC(=O)O[C@@H]12)[C@@]65O. The molecule has 0 aromatic carbocycles. The third-order valence-electron chi connectivity index (χ3n) is 15.8. The van der Waals surface area contributed by atoms with Crippen LogP contribution in [-0.2, 0) is 19.1 Å². The zero-order chi connectivity index (χ0) is 34.7. The lowest BCUT2D eigenvalue weighted by atomic mass is 9.35. The van der Waals surface area contributed by atoms with Crippen LogP contribution in [0.1, 0.15) is 71.6 Å². The first-order valence-electron chi connectivity index (χ1n) is 18.8. The van der Waals surface area contributed by atoms with Crippen LogP contribution in [0, 0.1) is 58.2 Å². The van der Waals surface area contributed by atoms with Crippen LogP contribution < -0.4 is 5.32 Å². The first-order valence-corrected chi connectivity index (χ1v) is 18.8. The van der Waals surface area contributed by atoms with Gasteiger partial charge in [-0.15, -0.1) is 0 Å². The quantitative estimate of drug-likeness (QED) is 0.102. The van der Waals surface area contributed by atoms with Crippen molar-refractivity contribution in [1.82, 2.24) is 5.32 Å². The fourth-order valence-corrected chi connectivity index (χ4v) is 13.7. The zero-order valence-corrected chi connectivity index (χ0v) is 29.1. The van der Waals surface area contributed by atoms with Crippen LogP contribution >= 0.6 is 0 Å². The molecule has 1 aliphatic heterocycles. The molecule has 270 valence electrons. The van der Waals surface area contributed by atoms with Crippen molar-refractivity contribution in [2.24, 2.45) is 58.2 Å². The second-order valence-electron chi connectivity index (χ2n) is 17.5. The van der Waals surface area contributed by atoms with Gasteiger partial charge in [0.05, 0.1) is 23.2 Å². The van der Waals surface area contributed by atoms with Crippen LogP contribution in [0.25, 0.3) is 0 Å². The number of rotatable bonds is 7. The smallest absolute Gasteiger partial charge is 0.331 e. The molecular formula is C39H55NO9. The van der Waals surface area contributed by atoms with E-state index in [1.54, 1.807) is 13.2 Å². The molecule has 16 atom stereocenters. The molecule has 49 heavy (non-hydrogen) atoms. The van der Waals surface area contributed by atoms with Crippen LogP contribution in [-0.4, -0.2) is 99.7 Å². The lowest BCUT2D eigenvalue weighted by molar-refractivity contribution is -0.373. The summed E-state index contributed by atoms with van der Waals surface area (Å²) < 4.78 is 11.0. The number of aldehydes is 1. The van der Waals surface area contributed by atoms with Crippen LogP contribution in [0.2, 0.25) is 0 Å². The van der Waals surface area contributed by atoms with E-state index in [0.29, 0.717) is 45.3 Å². The Hall–Kier alpha value is -1.92. The maximum atomic E-state index is 13.8. The number of esters is 1. The number of carbonyl (C=O) groups is 2. The van der Waals surface area contributed by atoms with Crippen LogP contribution in [0.3, 0.4) is 0 Å². The van der Waals surface area contributed by atoms with E-state index < -0.39 is 69.7 Å². The summed E-state index contributed by atoms with van der Waals surface area (Å²) in [7, 11) is 1.67. The Kier molecular flexibility index (Phi) is 8.05. The molecule has 0 unspecified atom stereocenters. The Morgan fingerprint density at radius 2 is 1.88 bits per heavy atom. The average Bonchev–Trinajstić information content (AvgIpc) is 3.51. The summed E-state index contributed by atoms with van der Waals surface area (Å²) in [6, 6.07) is 0. The molecule has 5 fully saturated rings. The van der Waals surface area contributed by atoms with E-state index in [4.69, 9.17) is 9.47 Å². The standard InChI is InChI=1S/C39H55NO9/c1-21-6-4-7-22-15-27-29(42)8-11-36(20-41)30-9-10-35(2)32-23(14-24(19-40-12-5-13-48-3)33-26(32)17-31(43)49-33)18-37(35,45)39(30,47)34(44)28(16-25(21)22)38(27,36)46/h4,7,14,17,20-23,25,27-30,32-34,40,42,44-47H,5-6,8-13,15-16,18-19H2,1-3H3/t21-,22-,23-,25+,27+,28+,29+,30-,32-,33+,34+,35-,36+,37-,38-,39-/m1/s1. The molecule has 0 aromatic heterocycles. The van der Waals surface area contributed by atoms with Gasteiger partial charge in [-0.25, -0.2) is 4.79 Å². The van der Waals surface area contributed by atoms with Gasteiger partial charge in [-0.2, -0.15) is 0 Å². The number of ether oxygens (including phenoxy) is 2. The summed E-state index contributed by atoms with van der Waals surface area (Å²) >= 11 is 0. The van der Waals surface area contributed by atoms with Crippen molar-refractivity contribution >= 4 is 12.3 Å². The van der Waals surface area contributed by atoms with Gasteiger partial charge < -0.3 is 45.1 Å². The van der Waals surface area contributed by atoms with Gasteiger partial charge in [-0.3, -0.25) is 0 Å². The summed E-state index contributed by atoms with van der Waals surface area (Å²) in [6.07, 6.45) is 9.84. The molecule has 10 heteroatoms. The fraction of sp³-hybridized carbons (Fsp3) is 0.795. The van der Waals surface area contributed by atoms with Crippen molar-refractivity contribution in [2.45, 2.75) is 107 Å². The second-order valence-corrected chi connectivity index (χ2v) is 17.5. The molecular weight excluding hydrogens is 626 g/mol. The number of nitrogens with one attached hydrogen (secondary N) is 1. The van der Waals surface area contributed by atoms with Gasteiger partial charge in [0.2, 0.25) is 0 Å². The van der Waals surface area contributed by atoms with E-state index in [1.165, 1.54) is 0 Å². The van der Waals surface area contributed by atoms with Gasteiger partial charge in [0.1, 0.15) is 23.6 Å². The van der Waals surface area contributed by atoms with Crippen molar-refractivity contribution in [3.05, 3.63) is 35.5 Å². The van der Waals surface area contributed by atoms with Crippen molar-refractivity contribution in [1.29, 1.82) is 0 Å². The molecule has 6 N–H and O–H groups in total. The number of hydrogen-bond donors (Lipinski definition) is 6. The van der Waals surface area contributed by atoms with Crippen LogP contribution in [0.4, 0.5) is 0 Å². The van der Waals surface area contributed by atoms with Crippen molar-refractivity contribution in [3.8, 4) is 0 Å². The number of aliphatic hydroxyl groups excluding tert-OH is 2. The molecule has 0 bridgehead atoms. The predicted molar refractivity (Wildman–Crippen MR) is 179 cm³/mol. The van der Waals surface area contributed by atoms with Gasteiger partial charge in [-0.05, 0) is 105 Å². The molecule has 1 heterocycles. The van der Waals surface area contributed by atoms with Gasteiger partial charge in [0, 0.05) is 49.5 Å². The molecule has 0 spiro atoms. The van der Waals surface area contributed by atoms with E-state index in [9.17, 15) is 35.1 Å². The highest BCUT2D eigenvalue weighted by Crippen LogP contribution is 2.76. The first-order chi connectivity index (χ1) is 23.3. The number of hydrogen-bond acceptors (Lipinski definition) is 10. The van der Waals surface area contributed by atoms with E-state index in [0.717, 1.165) is 36.8 Å². The summed E-state index contributed by atoms with van der Waals surface area (Å²) in [5.41, 5.74) is -6.42. The van der Waals surface area contributed by atoms with E-state index in [-0.39, 0.29) is 42.4 Å². The normalized spacial score (nSPS) is 53.8. The highest BCUT2D eigenvalue weighted by molar-refractivity contribution is 5.87. The summed E-state index contributed by atoms with van der Waals surface area (Å²) in [6.45, 7) is 5.99. The maximum Gasteiger partial charge on any atom is 0.331 e. The number of fused-ring (bicyclic) bond motifs is 9. The van der Waals surface area contributed by atoms with E-state index in [2.05, 4.69) is 30.5 Å². The Morgan fingerprint density at radius 1 is 1.08 bits per heavy atom. The molecule has 0 saturated heterocycles. The van der Waals surface area contributed by atoms with E-state index in [1.807, 2.05) is 6.92 Å². The zero-order valence-electron chi connectivity index (χ0n) is 29.1. The van der Waals surface area contributed by atoms with Crippen molar-refractivity contribution in [3.63, 3.8) is 0 Å². The van der Waals surface area contributed by atoms with Crippen LogP contribution in [0.5, 0.6) is 0 Å². The monoisotopic (exact) mass is 681 g/mol. The minimum atomic E-state index is -2.12. The van der Waals surface area contributed by atoms with Crippen molar-refractivity contribution in [2.75, 3.05) is 26.8 Å². The molecule has 0 radical (unpaired) electrons. The van der Waals surface area contributed by atoms with Crippen LogP contribution in [0.15, 0.2) is 35.5 Å². The topological polar surface area (TPSA) is 166 Å². The molecule has 8 aliphatic rings. The molecule has 0 amide bonds. The number of carbonyl (C=O) groups excluding carboxylic acids is 2. The Morgan fingerprint density at radius 3 is 2.63 bits per heavy atom. The van der Waals surface area contributed by atoms with E-state index >= 15 is 0 Å². The minimum Gasteiger partial charge on any atom is -0.450 e. The predicted octanol–water partition coefficient (Wildman–Crippen LogP) is 2.22. The van der Waals surface area contributed by atoms with Gasteiger partial charge in [0.25, 0.3) is 0 Å². The highest BCUT2D eigenvalue weighted by atomic mass is 16.5. The molecule has 0 aromatic rings. The third-order valence-corrected chi connectivity index (χ3v) is 15.8. The number of allylic oxidation sites excluding steroid dienone is 3. The lowest BCUT2D eigenvalue weighted by Crippen LogP contribution is -2.85. The average molecular weight is 682 g/mol. The Labute approximate surface area is 289 Å². The largest absolute Gasteiger partial charge is 0.450 e. The summed E-state index contributed by atoms with van der Waals surface area (Å²) in [5.74, 6) is -3.07. The molecule has 5 saturated carbocycles. The summed E-state index contributed by atoms with van der Waals surface area (Å²) in [5, 5.41) is 67.8. The van der Waals surface area contributed by atoms with Crippen molar-refractivity contribution < 1.29 is 44.6 Å². The van der Waals surface area contributed by atoms with Gasteiger partial charge in [0.15, 0.2) is 0 Å². The molecule has 8 rings (SSSR count). The molecule has 10 nitrogen and oxygen atoms in total. The lowest BCUT2D eigenvalue weighted by Gasteiger charge is -2.72. The fourth-order valence-electron chi connectivity index (χ4n) is 13.7. The summed E-state index contributed by atoms with van der Waals surface area (Å²) in [4.78, 5) is 26.6. The minimum absolute atomic E-state index is 0.0718. The van der Waals surface area contributed by atoms with Gasteiger partial charge >= 0.3 is 5.97 Å². The number of aliphatic hydroxyl groups is 5. The Balaban J connectivity index is 1.24. The maximum absolute atomic E-state index is 13.8. The number of methoxy groups -OCH3 is 1. The molecule has 7 aliphatic carbocycles. The second kappa shape index (κ2) is 11.5. The third kappa shape index (κ3) is 4.20.